The second kappa shape index (κ2) is 10.3. The highest BCUT2D eigenvalue weighted by molar-refractivity contribution is 5.95. The first-order chi connectivity index (χ1) is 10.6. The molecule has 0 bridgehead atoms. The van der Waals surface area contributed by atoms with E-state index in [1.165, 1.54) is 0 Å². The average Bonchev–Trinajstić information content (AvgIpc) is 2.53. The van der Waals surface area contributed by atoms with E-state index in [-0.39, 0.29) is 25.6 Å². The Morgan fingerprint density at radius 2 is 1.77 bits per heavy atom. The molecule has 1 atom stereocenters. The molecule has 0 amide bonds. The first kappa shape index (κ1) is 18.6. The molecule has 1 aromatic carbocycles. The zero-order valence-corrected chi connectivity index (χ0v) is 13.0. The number of rotatable bonds is 11. The van der Waals surface area contributed by atoms with Crippen LogP contribution in [0.1, 0.15) is 23.7 Å². The molecule has 0 aliphatic carbocycles. The molecule has 22 heavy (non-hydrogen) atoms. The van der Waals surface area contributed by atoms with Gasteiger partial charge in [0.25, 0.3) is 0 Å². The predicted molar refractivity (Wildman–Crippen MR) is 82.3 cm³/mol. The molecule has 0 aromatic heterocycles. The Labute approximate surface area is 130 Å². The maximum atomic E-state index is 11.5. The van der Waals surface area contributed by atoms with Crippen LogP contribution in [-0.4, -0.2) is 66.7 Å². The minimum Gasteiger partial charge on any atom is -0.491 e. The van der Waals surface area contributed by atoms with Crippen LogP contribution >= 0.6 is 0 Å². The third-order valence-electron chi connectivity index (χ3n) is 3.39. The summed E-state index contributed by atoms with van der Waals surface area (Å²) in [7, 11) is 0. The SMILES string of the molecule is CCC(=O)c1ccc(OC[C@@H](O)C[NH+](CCO)CCO)cc1. The van der Waals surface area contributed by atoms with Crippen LogP contribution in [0.4, 0.5) is 0 Å². The number of carbonyl (C=O) groups is 1. The van der Waals surface area contributed by atoms with E-state index >= 15 is 0 Å². The number of benzene rings is 1. The summed E-state index contributed by atoms with van der Waals surface area (Å²) in [5.74, 6) is 0.677. The van der Waals surface area contributed by atoms with Crippen molar-refractivity contribution in [2.75, 3.05) is 39.5 Å². The molecule has 1 rings (SSSR count). The molecule has 0 saturated heterocycles. The van der Waals surface area contributed by atoms with Crippen LogP contribution in [0.15, 0.2) is 24.3 Å². The zero-order chi connectivity index (χ0) is 16.4. The molecule has 6 nitrogen and oxygen atoms in total. The van der Waals surface area contributed by atoms with E-state index in [4.69, 9.17) is 14.9 Å². The van der Waals surface area contributed by atoms with Gasteiger partial charge in [-0.25, -0.2) is 0 Å². The standard InChI is InChI=1S/C16H25NO5/c1-2-16(21)13-3-5-15(6-4-13)22-12-14(20)11-17(7-9-18)8-10-19/h3-6,14,18-20H,2,7-12H2,1H3/p+1/t14-/m0/s1. The fourth-order valence-electron chi connectivity index (χ4n) is 2.17. The lowest BCUT2D eigenvalue weighted by Gasteiger charge is -2.21. The summed E-state index contributed by atoms with van der Waals surface area (Å²) in [4.78, 5) is 12.4. The van der Waals surface area contributed by atoms with Gasteiger partial charge in [-0.05, 0) is 24.3 Å². The molecular formula is C16H26NO5+. The second-order valence-electron chi connectivity index (χ2n) is 5.17. The van der Waals surface area contributed by atoms with Crippen LogP contribution in [-0.2, 0) is 0 Å². The first-order valence-electron chi connectivity index (χ1n) is 7.60. The molecule has 0 heterocycles. The highest BCUT2D eigenvalue weighted by Crippen LogP contribution is 2.13. The lowest BCUT2D eigenvalue weighted by atomic mass is 10.1. The van der Waals surface area contributed by atoms with Gasteiger partial charge in [0.2, 0.25) is 0 Å². The van der Waals surface area contributed by atoms with Gasteiger partial charge in [0.15, 0.2) is 5.78 Å². The van der Waals surface area contributed by atoms with E-state index in [2.05, 4.69) is 0 Å². The van der Waals surface area contributed by atoms with E-state index in [0.29, 0.717) is 37.4 Å². The quantitative estimate of drug-likeness (QED) is 0.389. The van der Waals surface area contributed by atoms with Crippen LogP contribution in [0.5, 0.6) is 5.75 Å². The summed E-state index contributed by atoms with van der Waals surface area (Å²) < 4.78 is 5.49. The predicted octanol–water partition coefficient (Wildman–Crippen LogP) is -1.11. The van der Waals surface area contributed by atoms with Crippen LogP contribution in [0.2, 0.25) is 0 Å². The number of hydrogen-bond donors (Lipinski definition) is 4. The van der Waals surface area contributed by atoms with E-state index in [9.17, 15) is 9.90 Å². The van der Waals surface area contributed by atoms with Crippen molar-refractivity contribution in [2.45, 2.75) is 19.4 Å². The normalized spacial score (nSPS) is 12.4. The van der Waals surface area contributed by atoms with E-state index < -0.39 is 6.10 Å². The zero-order valence-electron chi connectivity index (χ0n) is 13.0. The van der Waals surface area contributed by atoms with Crippen molar-refractivity contribution in [3.8, 4) is 5.75 Å². The van der Waals surface area contributed by atoms with E-state index in [1.807, 2.05) is 6.92 Å². The molecule has 124 valence electrons. The summed E-state index contributed by atoms with van der Waals surface area (Å²) in [6.07, 6.45) is -0.224. The summed E-state index contributed by atoms with van der Waals surface area (Å²) in [6, 6.07) is 6.84. The second-order valence-corrected chi connectivity index (χ2v) is 5.17. The minimum absolute atomic E-state index is 0.00975. The molecule has 4 N–H and O–H groups in total. The fourth-order valence-corrected chi connectivity index (χ4v) is 2.17. The van der Waals surface area contributed by atoms with Gasteiger partial charge in [-0.3, -0.25) is 4.79 Å². The number of ketones is 1. The maximum absolute atomic E-state index is 11.5. The number of quaternary nitrogens is 1. The molecule has 0 radical (unpaired) electrons. The van der Waals surface area contributed by atoms with Crippen LogP contribution in [0, 0.1) is 0 Å². The Bertz CT molecular complexity index is 429. The largest absolute Gasteiger partial charge is 0.491 e. The molecule has 1 aromatic rings. The van der Waals surface area contributed by atoms with Crippen molar-refractivity contribution in [2.24, 2.45) is 0 Å². The monoisotopic (exact) mass is 312 g/mol. The number of nitrogens with one attached hydrogen (secondary N) is 1. The van der Waals surface area contributed by atoms with Crippen LogP contribution in [0.25, 0.3) is 0 Å². The average molecular weight is 312 g/mol. The van der Waals surface area contributed by atoms with Gasteiger partial charge in [0.1, 0.15) is 38.1 Å². The number of aliphatic hydroxyl groups excluding tert-OH is 3. The Kier molecular flexibility index (Phi) is 8.69. The molecule has 0 spiro atoms. The molecule has 0 unspecified atom stereocenters. The van der Waals surface area contributed by atoms with Crippen molar-refractivity contribution >= 4 is 5.78 Å². The van der Waals surface area contributed by atoms with Crippen molar-refractivity contribution in [1.82, 2.24) is 0 Å². The van der Waals surface area contributed by atoms with Crippen molar-refractivity contribution in [3.63, 3.8) is 0 Å². The maximum Gasteiger partial charge on any atom is 0.162 e. The Balaban J connectivity index is 2.42. The van der Waals surface area contributed by atoms with E-state index in [0.717, 1.165) is 4.90 Å². The highest BCUT2D eigenvalue weighted by Gasteiger charge is 2.15. The number of hydrogen-bond acceptors (Lipinski definition) is 5. The van der Waals surface area contributed by atoms with Crippen molar-refractivity contribution < 1.29 is 29.8 Å². The molecule has 0 aliphatic rings. The van der Waals surface area contributed by atoms with Gasteiger partial charge in [-0.1, -0.05) is 6.92 Å². The highest BCUT2D eigenvalue weighted by atomic mass is 16.5. The van der Waals surface area contributed by atoms with Crippen molar-refractivity contribution in [1.29, 1.82) is 0 Å². The Morgan fingerprint density at radius 3 is 2.27 bits per heavy atom. The van der Waals surface area contributed by atoms with Gasteiger partial charge < -0.3 is 25.0 Å². The van der Waals surface area contributed by atoms with Crippen LogP contribution in [0.3, 0.4) is 0 Å². The van der Waals surface area contributed by atoms with E-state index in [1.54, 1.807) is 24.3 Å². The molecular weight excluding hydrogens is 286 g/mol. The fraction of sp³-hybridized carbons (Fsp3) is 0.562. The smallest absolute Gasteiger partial charge is 0.162 e. The lowest BCUT2D eigenvalue weighted by molar-refractivity contribution is -0.903. The molecule has 0 aliphatic heterocycles. The number of aliphatic hydroxyl groups is 3. The Hall–Kier alpha value is -1.47. The summed E-state index contributed by atoms with van der Waals surface area (Å²) >= 11 is 0. The van der Waals surface area contributed by atoms with Crippen molar-refractivity contribution in [3.05, 3.63) is 29.8 Å². The first-order valence-corrected chi connectivity index (χ1v) is 7.60. The topological polar surface area (TPSA) is 91.4 Å². The van der Waals surface area contributed by atoms with Crippen LogP contribution < -0.4 is 9.64 Å². The van der Waals surface area contributed by atoms with Gasteiger partial charge in [0, 0.05) is 12.0 Å². The minimum atomic E-state index is -0.690. The summed E-state index contributed by atoms with van der Waals surface area (Å²) in [5.41, 5.74) is 0.650. The summed E-state index contributed by atoms with van der Waals surface area (Å²) in [6.45, 7) is 3.31. The molecule has 6 heteroatoms. The third-order valence-corrected chi connectivity index (χ3v) is 3.39. The molecule has 0 fully saturated rings. The number of carbonyl (C=O) groups excluding carboxylic acids is 1. The number of Topliss-reactive ketones (excluding diaryl/α,β-unsaturated/α-hetero) is 1. The lowest BCUT2D eigenvalue weighted by Crippen LogP contribution is -3.14. The third kappa shape index (κ3) is 6.53. The van der Waals surface area contributed by atoms with Gasteiger partial charge in [-0.2, -0.15) is 0 Å². The van der Waals surface area contributed by atoms with Gasteiger partial charge in [-0.15, -0.1) is 0 Å². The summed E-state index contributed by atoms with van der Waals surface area (Å²) in [5, 5.41) is 27.8. The van der Waals surface area contributed by atoms with Gasteiger partial charge >= 0.3 is 0 Å². The Morgan fingerprint density at radius 1 is 1.18 bits per heavy atom. The number of ether oxygens (including phenoxy) is 1. The molecule has 0 saturated carbocycles. The van der Waals surface area contributed by atoms with Gasteiger partial charge in [0.05, 0.1) is 13.2 Å².